The second-order valence-electron chi connectivity index (χ2n) is 6.99. The largest absolute Gasteiger partial charge is 0.489 e. The van der Waals surface area contributed by atoms with Crippen LogP contribution in [0.1, 0.15) is 40.9 Å². The first-order valence-electron chi connectivity index (χ1n) is 9.70. The maximum Gasteiger partial charge on any atom is 0.251 e. The Hall–Kier alpha value is -3.18. The fraction of sp³-hybridized carbons (Fsp3) is 0.250. The van der Waals surface area contributed by atoms with Gasteiger partial charge in [0.2, 0.25) is 0 Å². The number of hydrogen-bond acceptors (Lipinski definition) is 4. The maximum absolute atomic E-state index is 12.5. The third-order valence-corrected chi connectivity index (χ3v) is 4.37. The number of rotatable bonds is 9. The number of carbonyl (C=O) groups excluding carboxylic acids is 1. The van der Waals surface area contributed by atoms with Crippen molar-refractivity contribution in [1.29, 1.82) is 0 Å². The van der Waals surface area contributed by atoms with E-state index in [4.69, 9.17) is 9.47 Å². The Kier molecular flexibility index (Phi) is 7.36. The van der Waals surface area contributed by atoms with E-state index < -0.39 is 0 Å². The molecular formula is C24H26N2O3. The lowest BCUT2D eigenvalue weighted by Gasteiger charge is -2.13. The van der Waals surface area contributed by atoms with Crippen molar-refractivity contribution in [2.75, 3.05) is 0 Å². The van der Waals surface area contributed by atoms with Gasteiger partial charge in [-0.15, -0.1) is 0 Å². The third-order valence-electron chi connectivity index (χ3n) is 4.37. The van der Waals surface area contributed by atoms with Crippen molar-refractivity contribution < 1.29 is 14.3 Å². The van der Waals surface area contributed by atoms with E-state index in [1.165, 1.54) is 0 Å². The molecule has 2 aromatic carbocycles. The Balaban J connectivity index is 1.53. The van der Waals surface area contributed by atoms with Crippen LogP contribution in [0.5, 0.6) is 5.75 Å². The van der Waals surface area contributed by atoms with Crippen LogP contribution in [-0.4, -0.2) is 17.0 Å². The molecular weight excluding hydrogens is 364 g/mol. The summed E-state index contributed by atoms with van der Waals surface area (Å²) in [4.78, 5) is 16.6. The molecule has 0 saturated carbocycles. The fourth-order valence-corrected chi connectivity index (χ4v) is 2.76. The SMILES string of the molecule is CC(C)OCc1ccccc1CNC(=O)c1ccc(OCc2cccnc2)cc1. The molecule has 150 valence electrons. The predicted octanol–water partition coefficient (Wildman–Crippen LogP) is 4.52. The molecule has 0 spiro atoms. The maximum atomic E-state index is 12.5. The van der Waals surface area contributed by atoms with Crippen molar-refractivity contribution in [3.63, 3.8) is 0 Å². The van der Waals surface area contributed by atoms with E-state index in [9.17, 15) is 4.79 Å². The Labute approximate surface area is 171 Å². The third kappa shape index (κ3) is 6.43. The zero-order valence-electron chi connectivity index (χ0n) is 16.8. The topological polar surface area (TPSA) is 60.5 Å². The van der Waals surface area contributed by atoms with E-state index in [0.29, 0.717) is 31.1 Å². The highest BCUT2D eigenvalue weighted by molar-refractivity contribution is 5.94. The van der Waals surface area contributed by atoms with Gasteiger partial charge in [-0.3, -0.25) is 9.78 Å². The van der Waals surface area contributed by atoms with Crippen LogP contribution in [0.4, 0.5) is 0 Å². The van der Waals surface area contributed by atoms with Crippen LogP contribution in [0.15, 0.2) is 73.1 Å². The molecule has 0 fully saturated rings. The quantitative estimate of drug-likeness (QED) is 0.584. The molecule has 1 N–H and O–H groups in total. The molecule has 5 heteroatoms. The summed E-state index contributed by atoms with van der Waals surface area (Å²) in [5.41, 5.74) is 3.72. The Bertz CT molecular complexity index is 909. The molecule has 0 aliphatic heterocycles. The number of carbonyl (C=O) groups is 1. The molecule has 1 amide bonds. The fourth-order valence-electron chi connectivity index (χ4n) is 2.76. The number of aromatic nitrogens is 1. The van der Waals surface area contributed by atoms with Crippen LogP contribution in [-0.2, 0) is 24.5 Å². The van der Waals surface area contributed by atoms with Crippen LogP contribution in [0.3, 0.4) is 0 Å². The zero-order valence-corrected chi connectivity index (χ0v) is 16.8. The average molecular weight is 390 g/mol. The molecule has 0 unspecified atom stereocenters. The molecule has 3 rings (SSSR count). The van der Waals surface area contributed by atoms with Gasteiger partial charge in [0.05, 0.1) is 12.7 Å². The van der Waals surface area contributed by atoms with Gasteiger partial charge in [-0.2, -0.15) is 0 Å². The highest BCUT2D eigenvalue weighted by Crippen LogP contribution is 2.15. The molecule has 5 nitrogen and oxygen atoms in total. The average Bonchev–Trinajstić information content (AvgIpc) is 2.76. The molecule has 0 bridgehead atoms. The van der Waals surface area contributed by atoms with E-state index in [0.717, 1.165) is 16.7 Å². The first-order chi connectivity index (χ1) is 14.1. The van der Waals surface area contributed by atoms with Crippen LogP contribution in [0, 0.1) is 0 Å². The molecule has 3 aromatic rings. The first-order valence-corrected chi connectivity index (χ1v) is 9.70. The van der Waals surface area contributed by atoms with Crippen LogP contribution < -0.4 is 10.1 Å². The molecule has 1 aromatic heterocycles. The zero-order chi connectivity index (χ0) is 20.5. The Morgan fingerprint density at radius 3 is 2.41 bits per heavy atom. The van der Waals surface area contributed by atoms with Crippen LogP contribution in [0.2, 0.25) is 0 Å². The normalized spacial score (nSPS) is 10.7. The van der Waals surface area contributed by atoms with Crippen molar-refractivity contribution in [3.8, 4) is 5.75 Å². The van der Waals surface area contributed by atoms with Gasteiger partial charge in [-0.1, -0.05) is 30.3 Å². The molecule has 0 aliphatic carbocycles. The second-order valence-corrected chi connectivity index (χ2v) is 6.99. The van der Waals surface area contributed by atoms with Gasteiger partial charge in [0.1, 0.15) is 12.4 Å². The summed E-state index contributed by atoms with van der Waals surface area (Å²) in [6.07, 6.45) is 3.66. The van der Waals surface area contributed by atoms with Crippen molar-refractivity contribution >= 4 is 5.91 Å². The van der Waals surface area contributed by atoms with Crippen LogP contribution >= 0.6 is 0 Å². The van der Waals surface area contributed by atoms with Gasteiger partial charge in [0.25, 0.3) is 5.91 Å². The monoisotopic (exact) mass is 390 g/mol. The summed E-state index contributed by atoms with van der Waals surface area (Å²) in [6.45, 7) is 5.44. The summed E-state index contributed by atoms with van der Waals surface area (Å²) in [5, 5.41) is 2.98. The van der Waals surface area contributed by atoms with Gasteiger partial charge in [0.15, 0.2) is 0 Å². The molecule has 0 saturated heterocycles. The number of amides is 1. The number of ether oxygens (including phenoxy) is 2. The minimum atomic E-state index is -0.122. The van der Waals surface area contributed by atoms with E-state index >= 15 is 0 Å². The van der Waals surface area contributed by atoms with Gasteiger partial charge >= 0.3 is 0 Å². The number of nitrogens with zero attached hydrogens (tertiary/aromatic N) is 1. The Morgan fingerprint density at radius 1 is 0.966 bits per heavy atom. The smallest absolute Gasteiger partial charge is 0.251 e. The van der Waals surface area contributed by atoms with Crippen molar-refractivity contribution in [2.45, 2.75) is 39.7 Å². The molecule has 1 heterocycles. The second kappa shape index (κ2) is 10.4. The van der Waals surface area contributed by atoms with Crippen LogP contribution in [0.25, 0.3) is 0 Å². The van der Waals surface area contributed by atoms with E-state index in [1.807, 2.05) is 50.2 Å². The minimum absolute atomic E-state index is 0.122. The van der Waals surface area contributed by atoms with Crippen molar-refractivity contribution in [1.82, 2.24) is 10.3 Å². The summed E-state index contributed by atoms with van der Waals surface area (Å²) >= 11 is 0. The van der Waals surface area contributed by atoms with Crippen molar-refractivity contribution in [2.24, 2.45) is 0 Å². The number of pyridine rings is 1. The summed E-state index contributed by atoms with van der Waals surface area (Å²) in [5.74, 6) is 0.588. The molecule has 0 aliphatic rings. The summed E-state index contributed by atoms with van der Waals surface area (Å²) in [6, 6.07) is 18.9. The highest BCUT2D eigenvalue weighted by atomic mass is 16.5. The van der Waals surface area contributed by atoms with Gasteiger partial charge < -0.3 is 14.8 Å². The molecule has 0 radical (unpaired) electrons. The number of benzene rings is 2. The number of hydrogen-bond donors (Lipinski definition) is 1. The number of nitrogens with one attached hydrogen (secondary N) is 1. The van der Waals surface area contributed by atoms with E-state index in [-0.39, 0.29) is 12.0 Å². The first kappa shape index (κ1) is 20.6. The standard InChI is InChI=1S/C24H26N2O3/c1-18(2)28-17-22-8-4-3-7-21(22)15-26-24(27)20-9-11-23(12-10-20)29-16-19-6-5-13-25-14-19/h3-14,18H,15-17H2,1-2H3,(H,26,27). The summed E-state index contributed by atoms with van der Waals surface area (Å²) in [7, 11) is 0. The van der Waals surface area contributed by atoms with Gasteiger partial charge in [-0.05, 0) is 55.3 Å². The van der Waals surface area contributed by atoms with Crippen molar-refractivity contribution in [3.05, 3.63) is 95.3 Å². The Morgan fingerprint density at radius 2 is 1.72 bits per heavy atom. The highest BCUT2D eigenvalue weighted by Gasteiger charge is 2.08. The lowest BCUT2D eigenvalue weighted by molar-refractivity contribution is 0.0651. The van der Waals surface area contributed by atoms with E-state index in [1.54, 1.807) is 36.7 Å². The lowest BCUT2D eigenvalue weighted by Crippen LogP contribution is -2.23. The summed E-state index contributed by atoms with van der Waals surface area (Å²) < 4.78 is 11.4. The lowest BCUT2D eigenvalue weighted by atomic mass is 10.1. The molecule has 29 heavy (non-hydrogen) atoms. The van der Waals surface area contributed by atoms with E-state index in [2.05, 4.69) is 10.3 Å². The van der Waals surface area contributed by atoms with Gasteiger partial charge in [-0.25, -0.2) is 0 Å². The minimum Gasteiger partial charge on any atom is -0.489 e. The predicted molar refractivity (Wildman–Crippen MR) is 113 cm³/mol. The molecule has 0 atom stereocenters. The van der Waals surface area contributed by atoms with Gasteiger partial charge in [0, 0.05) is 30.1 Å².